The van der Waals surface area contributed by atoms with Crippen LogP contribution in [-0.2, 0) is 13.2 Å². The zero-order chi connectivity index (χ0) is 23.9. The molecule has 4 aromatic rings. The summed E-state index contributed by atoms with van der Waals surface area (Å²) in [7, 11) is 0. The van der Waals surface area contributed by atoms with Gasteiger partial charge in [0.25, 0.3) is 5.91 Å². The second kappa shape index (κ2) is 10.4. The van der Waals surface area contributed by atoms with Gasteiger partial charge in [-0.3, -0.25) is 9.89 Å². The molecule has 4 rings (SSSR count). The van der Waals surface area contributed by atoms with Gasteiger partial charge in [-0.05, 0) is 29.8 Å². The van der Waals surface area contributed by atoms with E-state index in [0.29, 0.717) is 5.56 Å². The third-order valence-electron chi connectivity index (χ3n) is 4.78. The highest BCUT2D eigenvalue weighted by Gasteiger charge is 2.17. The molecule has 0 aliphatic carbocycles. The smallest absolute Gasteiger partial charge is 0.387 e. The fraction of sp³-hybridized carbons (Fsp3) is 0.125. The van der Waals surface area contributed by atoms with Crippen molar-refractivity contribution in [3.63, 3.8) is 0 Å². The van der Waals surface area contributed by atoms with Gasteiger partial charge in [0.2, 0.25) is 0 Å². The van der Waals surface area contributed by atoms with Gasteiger partial charge < -0.3 is 19.9 Å². The van der Waals surface area contributed by atoms with Crippen molar-refractivity contribution in [3.05, 3.63) is 89.7 Å². The largest absolute Gasteiger partial charge is 0.504 e. The predicted molar refractivity (Wildman–Crippen MR) is 119 cm³/mol. The molecule has 1 amide bonds. The van der Waals surface area contributed by atoms with Gasteiger partial charge in [0.05, 0.1) is 17.7 Å². The predicted octanol–water partition coefficient (Wildman–Crippen LogP) is 4.29. The Hall–Kier alpha value is -4.47. The molecule has 0 atom stereocenters. The number of H-pyrrole nitrogens is 1. The summed E-state index contributed by atoms with van der Waals surface area (Å²) in [5.74, 6) is -0.185. The molecule has 1 heterocycles. The number of carbonyl (C=O) groups excluding carboxylic acids is 1. The minimum absolute atomic E-state index is 0.0422. The van der Waals surface area contributed by atoms with Crippen molar-refractivity contribution in [2.45, 2.75) is 19.8 Å². The van der Waals surface area contributed by atoms with Crippen molar-refractivity contribution in [3.8, 4) is 28.6 Å². The van der Waals surface area contributed by atoms with Gasteiger partial charge in [-0.15, -0.1) is 0 Å². The number of para-hydroxylation sites is 2. The quantitative estimate of drug-likeness (QED) is 0.340. The number of alkyl halides is 2. The number of hydrogen-bond acceptors (Lipinski definition) is 6. The van der Waals surface area contributed by atoms with Gasteiger partial charge in [0, 0.05) is 0 Å². The van der Waals surface area contributed by atoms with Crippen LogP contribution >= 0.6 is 0 Å². The van der Waals surface area contributed by atoms with E-state index in [-0.39, 0.29) is 47.6 Å². The zero-order valence-electron chi connectivity index (χ0n) is 17.7. The second-order valence-electron chi connectivity index (χ2n) is 7.08. The molecule has 0 aliphatic rings. The monoisotopic (exact) mass is 466 g/mol. The molecular formula is C24H20F2N4O4. The summed E-state index contributed by atoms with van der Waals surface area (Å²) < 4.78 is 35.2. The lowest BCUT2D eigenvalue weighted by atomic mass is 10.1. The first-order valence-electron chi connectivity index (χ1n) is 10.2. The third-order valence-corrected chi connectivity index (χ3v) is 4.78. The van der Waals surface area contributed by atoms with Gasteiger partial charge in [-0.25, -0.2) is 4.98 Å². The lowest BCUT2D eigenvalue weighted by Crippen LogP contribution is -2.24. The maximum absolute atomic E-state index is 12.6. The molecule has 0 fully saturated rings. The number of nitrogens with zero attached hydrogens (tertiary/aromatic N) is 2. The Morgan fingerprint density at radius 1 is 1.00 bits per heavy atom. The Balaban J connectivity index is 1.42. The maximum atomic E-state index is 12.6. The number of aromatic nitrogens is 3. The molecular weight excluding hydrogens is 446 g/mol. The Morgan fingerprint density at radius 3 is 2.53 bits per heavy atom. The standard InChI is InChI=1S/C24H20F2N4O4/c25-24(26)34-18-11-5-4-9-16(18)23(32)27-13-20-28-22(30-29-20)17-10-6-12-19(21(17)31)33-14-15-7-2-1-3-8-15/h1-12,24,31H,13-14H2,(H,27,32)(H,28,29,30). The lowest BCUT2D eigenvalue weighted by Gasteiger charge is -2.10. The highest BCUT2D eigenvalue weighted by atomic mass is 19.3. The summed E-state index contributed by atoms with van der Waals surface area (Å²) in [6.45, 7) is -2.85. The first kappa shape index (κ1) is 22.7. The average molecular weight is 466 g/mol. The minimum atomic E-state index is -3.05. The number of carbonyl (C=O) groups is 1. The number of amides is 1. The van der Waals surface area contributed by atoms with Gasteiger partial charge in [-0.2, -0.15) is 13.9 Å². The van der Waals surface area contributed by atoms with Gasteiger partial charge >= 0.3 is 6.61 Å². The first-order chi connectivity index (χ1) is 16.5. The Labute approximate surface area is 193 Å². The number of benzene rings is 3. The van der Waals surface area contributed by atoms with Crippen LogP contribution in [0.4, 0.5) is 8.78 Å². The van der Waals surface area contributed by atoms with Crippen LogP contribution < -0.4 is 14.8 Å². The molecule has 8 nitrogen and oxygen atoms in total. The Kier molecular flexibility index (Phi) is 6.97. The highest BCUT2D eigenvalue weighted by Crippen LogP contribution is 2.35. The molecule has 0 bridgehead atoms. The van der Waals surface area contributed by atoms with Crippen LogP contribution in [0.5, 0.6) is 17.2 Å². The Bertz CT molecular complexity index is 1260. The van der Waals surface area contributed by atoms with Crippen LogP contribution in [0.15, 0.2) is 72.8 Å². The molecule has 0 saturated carbocycles. The number of hydrogen-bond donors (Lipinski definition) is 3. The minimum Gasteiger partial charge on any atom is -0.504 e. The third kappa shape index (κ3) is 5.47. The van der Waals surface area contributed by atoms with Crippen molar-refractivity contribution >= 4 is 5.91 Å². The summed E-state index contributed by atoms with van der Waals surface area (Å²) in [5.41, 5.74) is 1.27. The van der Waals surface area contributed by atoms with Crippen LogP contribution in [-0.4, -0.2) is 32.8 Å². The van der Waals surface area contributed by atoms with Crippen molar-refractivity contribution in [2.24, 2.45) is 0 Å². The molecule has 3 N–H and O–H groups in total. The fourth-order valence-electron chi connectivity index (χ4n) is 3.17. The number of ether oxygens (including phenoxy) is 2. The van der Waals surface area contributed by atoms with E-state index in [1.165, 1.54) is 24.3 Å². The summed E-state index contributed by atoms with van der Waals surface area (Å²) in [6.07, 6.45) is 0. The normalized spacial score (nSPS) is 10.8. The van der Waals surface area contributed by atoms with E-state index < -0.39 is 12.5 Å². The van der Waals surface area contributed by atoms with Crippen LogP contribution in [0.2, 0.25) is 0 Å². The van der Waals surface area contributed by atoms with E-state index in [1.807, 2.05) is 30.3 Å². The second-order valence-corrected chi connectivity index (χ2v) is 7.08. The van der Waals surface area contributed by atoms with E-state index in [1.54, 1.807) is 18.2 Å². The van der Waals surface area contributed by atoms with E-state index in [9.17, 15) is 18.7 Å². The van der Waals surface area contributed by atoms with E-state index in [0.717, 1.165) is 5.56 Å². The van der Waals surface area contributed by atoms with E-state index >= 15 is 0 Å². The van der Waals surface area contributed by atoms with Crippen molar-refractivity contribution in [1.82, 2.24) is 20.5 Å². The van der Waals surface area contributed by atoms with Crippen molar-refractivity contribution < 1.29 is 28.2 Å². The van der Waals surface area contributed by atoms with Crippen molar-refractivity contribution in [2.75, 3.05) is 0 Å². The highest BCUT2D eigenvalue weighted by molar-refractivity contribution is 5.96. The summed E-state index contributed by atoms with van der Waals surface area (Å²) in [5, 5.41) is 20.0. The van der Waals surface area contributed by atoms with Crippen molar-refractivity contribution in [1.29, 1.82) is 0 Å². The Morgan fingerprint density at radius 2 is 1.74 bits per heavy atom. The maximum Gasteiger partial charge on any atom is 0.387 e. The van der Waals surface area contributed by atoms with Gasteiger partial charge in [0.1, 0.15) is 12.4 Å². The van der Waals surface area contributed by atoms with Crippen LogP contribution in [0.25, 0.3) is 11.4 Å². The molecule has 0 aliphatic heterocycles. The number of phenols is 1. The zero-order valence-corrected chi connectivity index (χ0v) is 17.7. The van der Waals surface area contributed by atoms with Gasteiger partial charge in [0.15, 0.2) is 23.1 Å². The molecule has 0 radical (unpaired) electrons. The molecule has 0 saturated heterocycles. The molecule has 0 unspecified atom stereocenters. The number of aromatic amines is 1. The average Bonchev–Trinajstić information content (AvgIpc) is 3.31. The first-order valence-corrected chi connectivity index (χ1v) is 10.2. The lowest BCUT2D eigenvalue weighted by molar-refractivity contribution is -0.0501. The molecule has 1 aromatic heterocycles. The van der Waals surface area contributed by atoms with E-state index in [2.05, 4.69) is 25.2 Å². The number of nitrogens with one attached hydrogen (secondary N) is 2. The topological polar surface area (TPSA) is 109 Å². The van der Waals surface area contributed by atoms with Crippen LogP contribution in [0, 0.1) is 0 Å². The number of aromatic hydroxyl groups is 1. The number of phenolic OH excluding ortho intramolecular Hbond substituents is 1. The molecule has 10 heteroatoms. The summed E-state index contributed by atoms with van der Waals surface area (Å²) in [4.78, 5) is 16.7. The van der Waals surface area contributed by atoms with Gasteiger partial charge in [-0.1, -0.05) is 48.5 Å². The molecule has 3 aromatic carbocycles. The summed E-state index contributed by atoms with van der Waals surface area (Å²) in [6, 6.07) is 20.2. The molecule has 34 heavy (non-hydrogen) atoms. The summed E-state index contributed by atoms with van der Waals surface area (Å²) >= 11 is 0. The SMILES string of the molecule is O=C(NCc1n[nH]c(-c2cccc(OCc3ccccc3)c2O)n1)c1ccccc1OC(F)F. The number of halogens is 2. The number of rotatable bonds is 9. The fourth-order valence-corrected chi connectivity index (χ4v) is 3.17. The molecule has 174 valence electrons. The van der Waals surface area contributed by atoms with Crippen LogP contribution in [0.3, 0.4) is 0 Å². The van der Waals surface area contributed by atoms with E-state index in [4.69, 9.17) is 4.74 Å². The molecule has 0 spiro atoms. The van der Waals surface area contributed by atoms with Crippen LogP contribution in [0.1, 0.15) is 21.7 Å².